The maximum Gasteiger partial charge on any atom is 0.293 e. The highest BCUT2D eigenvalue weighted by molar-refractivity contribution is 8.18. The van der Waals surface area contributed by atoms with Crippen molar-refractivity contribution < 1.29 is 18.8 Å². The molecule has 3 amide bonds. The van der Waals surface area contributed by atoms with Crippen LogP contribution in [0.1, 0.15) is 28.7 Å². The van der Waals surface area contributed by atoms with Gasteiger partial charge in [-0.05, 0) is 71.5 Å². The first-order chi connectivity index (χ1) is 14.5. The fourth-order valence-electron chi connectivity index (χ4n) is 3.69. The smallest absolute Gasteiger partial charge is 0.293 e. The van der Waals surface area contributed by atoms with Gasteiger partial charge in [0.1, 0.15) is 5.82 Å². The third kappa shape index (κ3) is 4.62. The van der Waals surface area contributed by atoms with Crippen LogP contribution in [0.3, 0.4) is 0 Å². The number of carbonyl (C=O) groups excluding carboxylic acids is 3. The van der Waals surface area contributed by atoms with E-state index in [2.05, 4.69) is 17.4 Å². The van der Waals surface area contributed by atoms with Crippen LogP contribution < -0.4 is 5.32 Å². The molecule has 0 atom stereocenters. The summed E-state index contributed by atoms with van der Waals surface area (Å²) in [4.78, 5) is 38.3. The van der Waals surface area contributed by atoms with Gasteiger partial charge in [-0.3, -0.25) is 19.3 Å². The normalized spacial score (nSPS) is 17.0. The van der Waals surface area contributed by atoms with Crippen molar-refractivity contribution in [1.82, 2.24) is 10.2 Å². The number of imide groups is 1. The van der Waals surface area contributed by atoms with Crippen molar-refractivity contribution in [3.63, 3.8) is 0 Å². The fraction of sp³-hybridized carbons (Fsp3) is 0.261. The molecule has 30 heavy (non-hydrogen) atoms. The minimum absolute atomic E-state index is 0.112. The van der Waals surface area contributed by atoms with Gasteiger partial charge in [-0.2, -0.15) is 0 Å². The largest absolute Gasteiger partial charge is 0.354 e. The molecule has 7 heteroatoms. The average molecular weight is 424 g/mol. The van der Waals surface area contributed by atoms with E-state index in [1.165, 1.54) is 29.7 Å². The summed E-state index contributed by atoms with van der Waals surface area (Å²) in [6, 6.07) is 11.9. The van der Waals surface area contributed by atoms with Gasteiger partial charge in [0, 0.05) is 13.1 Å². The molecule has 0 saturated carbocycles. The summed E-state index contributed by atoms with van der Waals surface area (Å²) in [5, 5.41) is 2.41. The highest BCUT2D eigenvalue weighted by Gasteiger charge is 2.34. The standard InChI is InChI=1S/C23H21FN2O3S/c24-19-8-5-15(6-9-19)13-20-22(28)26(23(29)30-20)11-10-25-21(27)14-16-4-7-17-2-1-3-18(17)12-16/h4-9,12-13H,1-3,10-11,14H2,(H,25,27)/b20-13-. The zero-order chi connectivity index (χ0) is 21.1. The quantitative estimate of drug-likeness (QED) is 0.718. The highest BCUT2D eigenvalue weighted by atomic mass is 32.2. The van der Waals surface area contributed by atoms with Crippen molar-refractivity contribution >= 4 is 34.9 Å². The zero-order valence-electron chi connectivity index (χ0n) is 16.3. The lowest BCUT2D eigenvalue weighted by atomic mass is 10.0. The van der Waals surface area contributed by atoms with E-state index in [-0.39, 0.29) is 41.4 Å². The SMILES string of the molecule is O=C(Cc1ccc2c(c1)CCC2)NCCN1C(=O)S/C(=C\c2ccc(F)cc2)C1=O. The van der Waals surface area contributed by atoms with Gasteiger partial charge in [0.15, 0.2) is 0 Å². The first kappa shape index (κ1) is 20.3. The number of benzene rings is 2. The molecule has 0 spiro atoms. The van der Waals surface area contributed by atoms with Crippen LogP contribution in [0.15, 0.2) is 47.4 Å². The van der Waals surface area contributed by atoms with E-state index in [9.17, 15) is 18.8 Å². The summed E-state index contributed by atoms with van der Waals surface area (Å²) in [5.41, 5.74) is 4.31. The van der Waals surface area contributed by atoms with Gasteiger partial charge in [-0.25, -0.2) is 4.39 Å². The second-order valence-corrected chi connectivity index (χ2v) is 8.36. The third-order valence-electron chi connectivity index (χ3n) is 5.23. The van der Waals surface area contributed by atoms with Crippen LogP contribution in [0.25, 0.3) is 6.08 Å². The Kier molecular flexibility index (Phi) is 5.99. The van der Waals surface area contributed by atoms with Gasteiger partial charge in [0.05, 0.1) is 11.3 Å². The summed E-state index contributed by atoms with van der Waals surface area (Å²) in [5.74, 6) is -0.903. The van der Waals surface area contributed by atoms with Gasteiger partial charge in [0.25, 0.3) is 11.1 Å². The number of nitrogens with zero attached hydrogens (tertiary/aromatic N) is 1. The van der Waals surface area contributed by atoms with Crippen LogP contribution in [0, 0.1) is 5.82 Å². The molecule has 1 aliphatic carbocycles. The molecule has 5 nitrogen and oxygen atoms in total. The summed E-state index contributed by atoms with van der Waals surface area (Å²) in [6.07, 6.45) is 5.18. The lowest BCUT2D eigenvalue weighted by Crippen LogP contribution is -2.37. The number of halogens is 1. The van der Waals surface area contributed by atoms with Crippen molar-refractivity contribution in [2.45, 2.75) is 25.7 Å². The predicted octanol–water partition coefficient (Wildman–Crippen LogP) is 3.71. The number of aryl methyl sites for hydroxylation is 2. The van der Waals surface area contributed by atoms with Gasteiger partial charge in [-0.15, -0.1) is 0 Å². The predicted molar refractivity (Wildman–Crippen MR) is 114 cm³/mol. The summed E-state index contributed by atoms with van der Waals surface area (Å²) in [6.45, 7) is 0.312. The lowest BCUT2D eigenvalue weighted by Gasteiger charge is -2.13. The van der Waals surface area contributed by atoms with E-state index in [1.54, 1.807) is 18.2 Å². The van der Waals surface area contributed by atoms with Gasteiger partial charge < -0.3 is 5.32 Å². The van der Waals surface area contributed by atoms with Crippen LogP contribution in [-0.4, -0.2) is 35.0 Å². The first-order valence-corrected chi connectivity index (χ1v) is 10.7. The van der Waals surface area contributed by atoms with Crippen molar-refractivity contribution in [3.05, 3.63) is 75.4 Å². The fourth-order valence-corrected chi connectivity index (χ4v) is 4.56. The van der Waals surface area contributed by atoms with E-state index in [1.807, 2.05) is 6.07 Å². The Labute approximate surface area is 178 Å². The van der Waals surface area contributed by atoms with Gasteiger partial charge >= 0.3 is 0 Å². The molecule has 1 heterocycles. The summed E-state index contributed by atoms with van der Waals surface area (Å²) in [7, 11) is 0. The van der Waals surface area contributed by atoms with Crippen LogP contribution in [0.2, 0.25) is 0 Å². The maximum atomic E-state index is 13.0. The number of nitrogens with one attached hydrogen (secondary N) is 1. The molecule has 0 aromatic heterocycles. The molecule has 1 saturated heterocycles. The molecule has 2 aliphatic rings. The molecule has 0 unspecified atom stereocenters. The van der Waals surface area contributed by atoms with E-state index in [0.29, 0.717) is 5.56 Å². The number of rotatable bonds is 6. The van der Waals surface area contributed by atoms with Crippen LogP contribution in [0.5, 0.6) is 0 Å². The molecular weight excluding hydrogens is 403 g/mol. The van der Waals surface area contributed by atoms with Crippen LogP contribution in [-0.2, 0) is 28.9 Å². The second-order valence-electron chi connectivity index (χ2n) is 7.37. The summed E-state index contributed by atoms with van der Waals surface area (Å²) >= 11 is 0.846. The topological polar surface area (TPSA) is 66.5 Å². The average Bonchev–Trinajstić information content (AvgIpc) is 3.29. The molecule has 1 N–H and O–H groups in total. The molecule has 154 valence electrons. The summed E-state index contributed by atoms with van der Waals surface area (Å²) < 4.78 is 13.0. The Hall–Kier alpha value is -2.93. The Morgan fingerprint density at radius 1 is 1.10 bits per heavy atom. The Morgan fingerprint density at radius 2 is 1.87 bits per heavy atom. The molecule has 0 bridgehead atoms. The number of amides is 3. The van der Waals surface area contributed by atoms with E-state index >= 15 is 0 Å². The lowest BCUT2D eigenvalue weighted by molar-refractivity contribution is -0.124. The first-order valence-electron chi connectivity index (χ1n) is 9.88. The van der Waals surface area contributed by atoms with Crippen LogP contribution in [0.4, 0.5) is 9.18 Å². The third-order valence-corrected chi connectivity index (χ3v) is 6.13. The second kappa shape index (κ2) is 8.83. The van der Waals surface area contributed by atoms with Crippen molar-refractivity contribution in [1.29, 1.82) is 0 Å². The van der Waals surface area contributed by atoms with Crippen molar-refractivity contribution in [2.24, 2.45) is 0 Å². The number of thioether (sulfide) groups is 1. The van der Waals surface area contributed by atoms with E-state index < -0.39 is 5.91 Å². The van der Waals surface area contributed by atoms with Crippen LogP contribution >= 0.6 is 11.8 Å². The van der Waals surface area contributed by atoms with Crippen molar-refractivity contribution in [2.75, 3.05) is 13.1 Å². The number of carbonyl (C=O) groups is 3. The highest BCUT2D eigenvalue weighted by Crippen LogP contribution is 2.31. The number of hydrogen-bond donors (Lipinski definition) is 1. The number of hydrogen-bond acceptors (Lipinski definition) is 4. The van der Waals surface area contributed by atoms with Gasteiger partial charge in [-0.1, -0.05) is 30.3 Å². The van der Waals surface area contributed by atoms with Crippen molar-refractivity contribution in [3.8, 4) is 0 Å². The van der Waals surface area contributed by atoms with E-state index in [4.69, 9.17) is 0 Å². The maximum absolute atomic E-state index is 13.0. The molecule has 4 rings (SSSR count). The molecule has 1 aliphatic heterocycles. The Morgan fingerprint density at radius 3 is 2.67 bits per heavy atom. The number of fused-ring (bicyclic) bond motifs is 1. The molecular formula is C23H21FN2O3S. The Bertz CT molecular complexity index is 1030. The zero-order valence-corrected chi connectivity index (χ0v) is 17.1. The molecule has 2 aromatic rings. The molecule has 0 radical (unpaired) electrons. The minimum Gasteiger partial charge on any atom is -0.354 e. The Balaban J connectivity index is 1.29. The molecule has 2 aromatic carbocycles. The minimum atomic E-state index is -0.401. The van der Waals surface area contributed by atoms with Gasteiger partial charge in [0.2, 0.25) is 5.91 Å². The van der Waals surface area contributed by atoms with E-state index in [0.717, 1.165) is 35.1 Å². The molecule has 1 fully saturated rings. The monoisotopic (exact) mass is 424 g/mol.